The van der Waals surface area contributed by atoms with Crippen molar-refractivity contribution in [3.63, 3.8) is 0 Å². The minimum atomic E-state index is -0.552. The highest BCUT2D eigenvalue weighted by Gasteiger charge is 2.19. The van der Waals surface area contributed by atoms with Crippen molar-refractivity contribution < 1.29 is 14.3 Å². The first-order chi connectivity index (χ1) is 11.0. The Morgan fingerprint density at radius 1 is 1.09 bits per heavy atom. The van der Waals surface area contributed by atoms with E-state index in [4.69, 9.17) is 9.47 Å². The molecule has 0 aromatic heterocycles. The van der Waals surface area contributed by atoms with Crippen molar-refractivity contribution in [3.8, 4) is 11.5 Å². The summed E-state index contributed by atoms with van der Waals surface area (Å²) in [6.07, 6.45) is 0.0252. The summed E-state index contributed by atoms with van der Waals surface area (Å²) in [5.74, 6) is 1.16. The zero-order valence-electron chi connectivity index (χ0n) is 14.1. The first-order valence-electron chi connectivity index (χ1n) is 7.72. The van der Waals surface area contributed by atoms with Gasteiger partial charge in [-0.05, 0) is 55.7 Å². The monoisotopic (exact) mass is 313 g/mol. The molecule has 2 aromatic rings. The summed E-state index contributed by atoms with van der Waals surface area (Å²) in [7, 11) is 1.60. The van der Waals surface area contributed by atoms with Crippen molar-refractivity contribution in [2.45, 2.75) is 33.3 Å². The molecular formula is C19H23NO3. The van der Waals surface area contributed by atoms with Crippen molar-refractivity contribution >= 4 is 11.6 Å². The second-order valence-corrected chi connectivity index (χ2v) is 5.48. The Morgan fingerprint density at radius 3 is 2.48 bits per heavy atom. The largest absolute Gasteiger partial charge is 0.497 e. The van der Waals surface area contributed by atoms with Gasteiger partial charge < -0.3 is 14.8 Å². The number of hydrogen-bond acceptors (Lipinski definition) is 3. The Morgan fingerprint density at radius 2 is 1.83 bits per heavy atom. The zero-order chi connectivity index (χ0) is 16.8. The Hall–Kier alpha value is -2.49. The molecule has 0 radical (unpaired) electrons. The van der Waals surface area contributed by atoms with Crippen molar-refractivity contribution in [2.24, 2.45) is 0 Å². The number of ether oxygens (including phenoxy) is 2. The average molecular weight is 313 g/mol. The maximum atomic E-state index is 12.4. The van der Waals surface area contributed by atoms with Crippen LogP contribution in [0.1, 0.15) is 24.5 Å². The van der Waals surface area contributed by atoms with Gasteiger partial charge in [0.15, 0.2) is 6.10 Å². The van der Waals surface area contributed by atoms with Gasteiger partial charge in [-0.25, -0.2) is 0 Å². The molecule has 0 heterocycles. The highest BCUT2D eigenvalue weighted by molar-refractivity contribution is 5.94. The van der Waals surface area contributed by atoms with Gasteiger partial charge in [0, 0.05) is 11.8 Å². The first kappa shape index (κ1) is 16.9. The van der Waals surface area contributed by atoms with Crippen molar-refractivity contribution in [2.75, 3.05) is 12.4 Å². The fourth-order valence-electron chi connectivity index (χ4n) is 2.20. The SMILES string of the molecule is CC[C@@H](Oc1cccc(OC)c1)C(=O)Nc1ccc(C)c(C)c1. The third-order valence-corrected chi connectivity index (χ3v) is 3.76. The number of nitrogens with one attached hydrogen (secondary N) is 1. The Bertz CT molecular complexity index is 682. The van der Waals surface area contributed by atoms with Gasteiger partial charge in [-0.15, -0.1) is 0 Å². The van der Waals surface area contributed by atoms with Gasteiger partial charge in [0.05, 0.1) is 7.11 Å². The van der Waals surface area contributed by atoms with Crippen LogP contribution in [-0.4, -0.2) is 19.1 Å². The summed E-state index contributed by atoms with van der Waals surface area (Å²) in [5.41, 5.74) is 3.12. The molecule has 1 atom stereocenters. The standard InChI is InChI=1S/C19H23NO3/c1-5-18(23-17-8-6-7-16(12-17)22-4)19(21)20-15-10-9-13(2)14(3)11-15/h6-12,18H,5H2,1-4H3,(H,20,21)/t18-/m1/s1. The number of carbonyl (C=O) groups excluding carboxylic acids is 1. The molecule has 0 bridgehead atoms. The summed E-state index contributed by atoms with van der Waals surface area (Å²) < 4.78 is 11.0. The molecule has 4 heteroatoms. The molecule has 4 nitrogen and oxygen atoms in total. The van der Waals surface area contributed by atoms with Crippen LogP contribution in [0.5, 0.6) is 11.5 Å². The molecule has 0 fully saturated rings. The lowest BCUT2D eigenvalue weighted by molar-refractivity contribution is -0.122. The van der Waals surface area contributed by atoms with E-state index in [0.29, 0.717) is 17.9 Å². The van der Waals surface area contributed by atoms with E-state index in [9.17, 15) is 4.79 Å². The van der Waals surface area contributed by atoms with Crippen molar-refractivity contribution in [1.82, 2.24) is 0 Å². The second kappa shape index (κ2) is 7.68. The molecule has 0 aliphatic heterocycles. The van der Waals surface area contributed by atoms with Gasteiger partial charge in [0.1, 0.15) is 11.5 Å². The topological polar surface area (TPSA) is 47.6 Å². The highest BCUT2D eigenvalue weighted by atomic mass is 16.5. The van der Waals surface area contributed by atoms with Gasteiger partial charge >= 0.3 is 0 Å². The van der Waals surface area contributed by atoms with E-state index < -0.39 is 6.10 Å². The fraction of sp³-hybridized carbons (Fsp3) is 0.316. The van der Waals surface area contributed by atoms with E-state index in [1.54, 1.807) is 13.2 Å². The first-order valence-corrected chi connectivity index (χ1v) is 7.72. The normalized spacial score (nSPS) is 11.7. The third-order valence-electron chi connectivity index (χ3n) is 3.76. The Kier molecular flexibility index (Phi) is 5.63. The van der Waals surface area contributed by atoms with Gasteiger partial charge in [0.2, 0.25) is 0 Å². The quantitative estimate of drug-likeness (QED) is 0.873. The Labute approximate surface area is 137 Å². The summed E-state index contributed by atoms with van der Waals surface area (Å²) in [6, 6.07) is 13.1. The molecule has 0 aliphatic rings. The molecule has 23 heavy (non-hydrogen) atoms. The number of amides is 1. The van der Waals surface area contributed by atoms with E-state index in [1.807, 2.05) is 57.2 Å². The third kappa shape index (κ3) is 4.49. The maximum absolute atomic E-state index is 12.4. The highest BCUT2D eigenvalue weighted by Crippen LogP contribution is 2.21. The molecule has 1 N–H and O–H groups in total. The molecule has 2 aromatic carbocycles. The molecule has 0 unspecified atom stereocenters. The zero-order valence-corrected chi connectivity index (χ0v) is 14.1. The van der Waals surface area contributed by atoms with Crippen LogP contribution in [0.25, 0.3) is 0 Å². The van der Waals surface area contributed by atoms with Crippen molar-refractivity contribution in [1.29, 1.82) is 0 Å². The number of hydrogen-bond donors (Lipinski definition) is 1. The summed E-state index contributed by atoms with van der Waals surface area (Å²) in [5, 5.41) is 2.91. The minimum absolute atomic E-state index is 0.154. The summed E-state index contributed by atoms with van der Waals surface area (Å²) in [4.78, 5) is 12.4. The predicted molar refractivity (Wildman–Crippen MR) is 92.2 cm³/mol. The molecule has 1 amide bonds. The number of benzene rings is 2. The van der Waals surface area contributed by atoms with Crippen LogP contribution < -0.4 is 14.8 Å². The molecule has 122 valence electrons. The minimum Gasteiger partial charge on any atom is -0.497 e. The van der Waals surface area contributed by atoms with E-state index in [1.165, 1.54) is 5.56 Å². The number of rotatable bonds is 6. The van der Waals surface area contributed by atoms with E-state index in [-0.39, 0.29) is 5.91 Å². The lowest BCUT2D eigenvalue weighted by atomic mass is 10.1. The van der Waals surface area contributed by atoms with Gasteiger partial charge in [-0.3, -0.25) is 4.79 Å². The predicted octanol–water partition coefficient (Wildman–Crippen LogP) is 4.11. The van der Waals surface area contributed by atoms with E-state index in [0.717, 1.165) is 11.3 Å². The lowest BCUT2D eigenvalue weighted by Crippen LogP contribution is -2.32. The molecular weight excluding hydrogens is 290 g/mol. The van der Waals surface area contributed by atoms with Gasteiger partial charge in [-0.1, -0.05) is 19.1 Å². The second-order valence-electron chi connectivity index (χ2n) is 5.48. The van der Waals surface area contributed by atoms with Crippen LogP contribution in [0.15, 0.2) is 42.5 Å². The van der Waals surface area contributed by atoms with Crippen LogP contribution in [0.4, 0.5) is 5.69 Å². The maximum Gasteiger partial charge on any atom is 0.265 e. The van der Waals surface area contributed by atoms with Gasteiger partial charge in [-0.2, -0.15) is 0 Å². The van der Waals surface area contributed by atoms with Crippen LogP contribution in [0.2, 0.25) is 0 Å². The van der Waals surface area contributed by atoms with Crippen LogP contribution >= 0.6 is 0 Å². The number of aryl methyl sites for hydroxylation is 2. The fourth-order valence-corrected chi connectivity index (χ4v) is 2.20. The van der Waals surface area contributed by atoms with Crippen LogP contribution in [0, 0.1) is 13.8 Å². The van der Waals surface area contributed by atoms with E-state index >= 15 is 0 Å². The molecule has 0 aliphatic carbocycles. The Balaban J connectivity index is 2.07. The molecule has 0 spiro atoms. The lowest BCUT2D eigenvalue weighted by Gasteiger charge is -2.18. The van der Waals surface area contributed by atoms with Gasteiger partial charge in [0.25, 0.3) is 5.91 Å². The van der Waals surface area contributed by atoms with Crippen LogP contribution in [-0.2, 0) is 4.79 Å². The number of methoxy groups -OCH3 is 1. The summed E-state index contributed by atoms with van der Waals surface area (Å²) in [6.45, 7) is 5.99. The molecule has 0 saturated heterocycles. The number of carbonyl (C=O) groups is 1. The van der Waals surface area contributed by atoms with E-state index in [2.05, 4.69) is 5.32 Å². The average Bonchev–Trinajstić information content (AvgIpc) is 2.56. The van der Waals surface area contributed by atoms with Crippen LogP contribution in [0.3, 0.4) is 0 Å². The molecule has 0 saturated carbocycles. The van der Waals surface area contributed by atoms with Crippen molar-refractivity contribution in [3.05, 3.63) is 53.6 Å². The number of anilines is 1. The summed E-state index contributed by atoms with van der Waals surface area (Å²) >= 11 is 0. The molecule has 2 rings (SSSR count). The smallest absolute Gasteiger partial charge is 0.265 e.